The van der Waals surface area contributed by atoms with E-state index in [2.05, 4.69) is 55.6 Å². The molecule has 8 heteroatoms. The van der Waals surface area contributed by atoms with Crippen molar-refractivity contribution in [3.63, 3.8) is 0 Å². The minimum atomic E-state index is -0.505. The molecule has 210 valence electrons. The van der Waals surface area contributed by atoms with Crippen LogP contribution in [-0.4, -0.2) is 73.2 Å². The molecular formula is C32H39N5O3. The van der Waals surface area contributed by atoms with Crippen LogP contribution in [0.3, 0.4) is 0 Å². The Morgan fingerprint density at radius 1 is 1.00 bits per heavy atom. The molecule has 1 N–H and O–H groups in total. The van der Waals surface area contributed by atoms with Crippen LogP contribution >= 0.6 is 0 Å². The van der Waals surface area contributed by atoms with Crippen molar-refractivity contribution in [1.29, 1.82) is 0 Å². The molecule has 2 saturated heterocycles. The molecule has 8 nitrogen and oxygen atoms in total. The van der Waals surface area contributed by atoms with Gasteiger partial charge in [0.2, 0.25) is 5.91 Å². The highest BCUT2D eigenvalue weighted by molar-refractivity contribution is 5.89. The van der Waals surface area contributed by atoms with Crippen molar-refractivity contribution in [1.82, 2.24) is 20.4 Å². The topological polar surface area (TPSA) is 79.8 Å². The molecule has 2 aromatic carbocycles. The number of amides is 1. The highest BCUT2D eigenvalue weighted by Crippen LogP contribution is 2.43. The molecule has 1 aromatic heterocycles. The monoisotopic (exact) mass is 541 g/mol. The number of hydrogen-bond acceptors (Lipinski definition) is 7. The van der Waals surface area contributed by atoms with Gasteiger partial charge < -0.3 is 24.6 Å². The maximum Gasteiger partial charge on any atom is 0.233 e. The fraction of sp³-hybridized carbons (Fsp3) is 0.469. The van der Waals surface area contributed by atoms with Crippen LogP contribution in [0.1, 0.15) is 44.1 Å². The van der Waals surface area contributed by atoms with Crippen LogP contribution in [0.25, 0.3) is 11.3 Å². The summed E-state index contributed by atoms with van der Waals surface area (Å²) in [6, 6.07) is 21.1. The van der Waals surface area contributed by atoms with Crippen molar-refractivity contribution in [2.75, 3.05) is 45.0 Å². The quantitative estimate of drug-likeness (QED) is 0.402. The molecule has 0 unspecified atom stereocenters. The second kappa shape index (κ2) is 11.9. The minimum Gasteiger partial charge on any atom is -0.467 e. The van der Waals surface area contributed by atoms with Crippen molar-refractivity contribution in [3.05, 3.63) is 72.4 Å². The third kappa shape index (κ3) is 5.43. The van der Waals surface area contributed by atoms with Gasteiger partial charge in [-0.3, -0.25) is 4.79 Å². The normalized spacial score (nSPS) is 19.3. The van der Waals surface area contributed by atoms with Crippen molar-refractivity contribution in [3.8, 4) is 17.0 Å². The zero-order valence-electron chi connectivity index (χ0n) is 23.3. The molecule has 1 aliphatic carbocycles. The number of ether oxygens (including phenoxy) is 2. The Morgan fingerprint density at radius 2 is 1.70 bits per heavy atom. The third-order valence-electron chi connectivity index (χ3n) is 8.73. The molecule has 6 rings (SSSR count). The second-order valence-electron chi connectivity index (χ2n) is 11.2. The van der Waals surface area contributed by atoms with Crippen molar-refractivity contribution >= 4 is 11.6 Å². The SMILES string of the molecule is COCOc1ccccc1-c1cc(N2CCC(C(=O)N(C3CCNCC3)C3CC3)(c3ccccc3)CC2)cnn1. The molecule has 0 bridgehead atoms. The van der Waals surface area contributed by atoms with Crippen LogP contribution in [-0.2, 0) is 14.9 Å². The Kier molecular flexibility index (Phi) is 7.98. The number of para-hydroxylation sites is 1. The smallest absolute Gasteiger partial charge is 0.233 e. The lowest BCUT2D eigenvalue weighted by Crippen LogP contribution is -2.57. The van der Waals surface area contributed by atoms with E-state index in [0.717, 1.165) is 87.2 Å². The molecule has 1 saturated carbocycles. The van der Waals surface area contributed by atoms with Crippen LogP contribution in [0.4, 0.5) is 5.69 Å². The van der Waals surface area contributed by atoms with Gasteiger partial charge in [0.05, 0.1) is 23.0 Å². The molecule has 40 heavy (non-hydrogen) atoms. The highest BCUT2D eigenvalue weighted by Gasteiger charge is 2.49. The Morgan fingerprint density at radius 3 is 2.42 bits per heavy atom. The van der Waals surface area contributed by atoms with E-state index in [1.807, 2.05) is 36.5 Å². The number of anilines is 1. The number of nitrogens with one attached hydrogen (secondary N) is 1. The summed E-state index contributed by atoms with van der Waals surface area (Å²) < 4.78 is 10.9. The maximum absolute atomic E-state index is 14.6. The molecule has 3 aromatic rings. The lowest BCUT2D eigenvalue weighted by atomic mass is 9.71. The van der Waals surface area contributed by atoms with Crippen molar-refractivity contribution < 1.29 is 14.3 Å². The molecule has 3 aliphatic rings. The van der Waals surface area contributed by atoms with E-state index < -0.39 is 5.41 Å². The standard InChI is InChI=1S/C32H39N5O3/c1-39-23-40-30-10-6-5-9-28(30)29-21-27(22-34-35-29)36-19-15-32(16-20-36,24-7-3-2-4-8-24)31(38)37(25-11-12-25)26-13-17-33-18-14-26/h2-10,21-22,25-26,33H,11-20,23H2,1H3. The van der Waals surface area contributed by atoms with Gasteiger partial charge in [0.15, 0.2) is 6.79 Å². The fourth-order valence-corrected chi connectivity index (χ4v) is 6.43. The number of carbonyl (C=O) groups is 1. The average Bonchev–Trinajstić information content (AvgIpc) is 3.86. The van der Waals surface area contributed by atoms with Gasteiger partial charge in [-0.1, -0.05) is 42.5 Å². The zero-order valence-corrected chi connectivity index (χ0v) is 23.3. The first-order chi connectivity index (χ1) is 19.7. The molecule has 0 spiro atoms. The summed E-state index contributed by atoms with van der Waals surface area (Å²) >= 11 is 0. The number of aromatic nitrogens is 2. The van der Waals surface area contributed by atoms with Gasteiger partial charge >= 0.3 is 0 Å². The summed E-state index contributed by atoms with van der Waals surface area (Å²) in [6.45, 7) is 3.70. The Bertz CT molecular complexity index is 1280. The molecule has 0 atom stereocenters. The van der Waals surface area contributed by atoms with E-state index in [9.17, 15) is 4.79 Å². The lowest BCUT2D eigenvalue weighted by molar-refractivity contribution is -0.142. The molecule has 1 amide bonds. The number of nitrogens with zero attached hydrogens (tertiary/aromatic N) is 4. The number of benzene rings is 2. The van der Waals surface area contributed by atoms with Crippen LogP contribution in [0.15, 0.2) is 66.9 Å². The van der Waals surface area contributed by atoms with Gasteiger partial charge in [-0.25, -0.2) is 0 Å². The molecule has 3 fully saturated rings. The summed E-state index contributed by atoms with van der Waals surface area (Å²) in [4.78, 5) is 19.3. The summed E-state index contributed by atoms with van der Waals surface area (Å²) in [5.74, 6) is 1.05. The van der Waals surface area contributed by atoms with Crippen LogP contribution in [0.2, 0.25) is 0 Å². The van der Waals surface area contributed by atoms with Gasteiger partial charge in [0.1, 0.15) is 5.75 Å². The number of piperidine rings is 2. The predicted molar refractivity (Wildman–Crippen MR) is 155 cm³/mol. The van der Waals surface area contributed by atoms with E-state index in [1.165, 1.54) is 0 Å². The number of rotatable bonds is 9. The predicted octanol–water partition coefficient (Wildman–Crippen LogP) is 4.41. The summed E-state index contributed by atoms with van der Waals surface area (Å²) in [5, 5.41) is 12.2. The van der Waals surface area contributed by atoms with E-state index in [-0.39, 0.29) is 6.79 Å². The fourth-order valence-electron chi connectivity index (χ4n) is 6.43. The third-order valence-corrected chi connectivity index (χ3v) is 8.73. The van der Waals surface area contributed by atoms with Gasteiger partial charge in [0, 0.05) is 37.8 Å². The highest BCUT2D eigenvalue weighted by atomic mass is 16.7. The number of methoxy groups -OCH3 is 1. The Balaban J connectivity index is 1.26. The summed E-state index contributed by atoms with van der Waals surface area (Å²) in [7, 11) is 1.61. The van der Waals surface area contributed by atoms with E-state index in [1.54, 1.807) is 7.11 Å². The van der Waals surface area contributed by atoms with Crippen LogP contribution < -0.4 is 15.0 Å². The number of carbonyl (C=O) groups excluding carboxylic acids is 1. The largest absolute Gasteiger partial charge is 0.467 e. The molecule has 3 heterocycles. The average molecular weight is 542 g/mol. The van der Waals surface area contributed by atoms with Gasteiger partial charge in [-0.05, 0) is 75.4 Å². The first kappa shape index (κ1) is 26.7. The zero-order chi connectivity index (χ0) is 27.4. The second-order valence-corrected chi connectivity index (χ2v) is 11.2. The number of hydrogen-bond donors (Lipinski definition) is 1. The Hall–Kier alpha value is -3.49. The van der Waals surface area contributed by atoms with Crippen LogP contribution in [0, 0.1) is 0 Å². The van der Waals surface area contributed by atoms with Gasteiger partial charge in [0.25, 0.3) is 0 Å². The maximum atomic E-state index is 14.6. The minimum absolute atomic E-state index is 0.168. The first-order valence-electron chi connectivity index (χ1n) is 14.6. The summed E-state index contributed by atoms with van der Waals surface area (Å²) in [5.41, 5.74) is 3.29. The molecule has 0 radical (unpaired) electrons. The first-order valence-corrected chi connectivity index (χ1v) is 14.6. The summed E-state index contributed by atoms with van der Waals surface area (Å²) in [6.07, 6.45) is 7.72. The molecular weight excluding hydrogens is 502 g/mol. The van der Waals surface area contributed by atoms with Crippen molar-refractivity contribution in [2.24, 2.45) is 0 Å². The van der Waals surface area contributed by atoms with Gasteiger partial charge in [-0.15, -0.1) is 0 Å². The van der Waals surface area contributed by atoms with E-state index in [0.29, 0.717) is 23.7 Å². The van der Waals surface area contributed by atoms with Gasteiger partial charge in [-0.2, -0.15) is 10.2 Å². The molecule has 2 aliphatic heterocycles. The van der Waals surface area contributed by atoms with Crippen molar-refractivity contribution in [2.45, 2.75) is 56.0 Å². The lowest BCUT2D eigenvalue weighted by Gasteiger charge is -2.46. The van der Waals surface area contributed by atoms with E-state index >= 15 is 0 Å². The Labute approximate surface area is 236 Å². The van der Waals surface area contributed by atoms with E-state index in [4.69, 9.17) is 9.47 Å². The van der Waals surface area contributed by atoms with Crippen LogP contribution in [0.5, 0.6) is 5.75 Å².